The second-order valence-corrected chi connectivity index (χ2v) is 6.54. The minimum Gasteiger partial charge on any atom is -0.384 e. The van der Waals surface area contributed by atoms with E-state index in [0.29, 0.717) is 17.5 Å². The van der Waals surface area contributed by atoms with Gasteiger partial charge < -0.3 is 10.3 Å². The lowest BCUT2D eigenvalue weighted by Gasteiger charge is -2.09. The summed E-state index contributed by atoms with van der Waals surface area (Å²) in [6.07, 6.45) is 6.56. The number of hydrogen-bond acceptors (Lipinski definition) is 5. The molecule has 2 aliphatic carbocycles. The van der Waals surface area contributed by atoms with Crippen molar-refractivity contribution in [2.24, 2.45) is 5.73 Å². The van der Waals surface area contributed by atoms with E-state index in [1.54, 1.807) is 12.3 Å². The maximum absolute atomic E-state index is 7.66. The highest BCUT2D eigenvalue weighted by Gasteiger charge is 2.36. The summed E-state index contributed by atoms with van der Waals surface area (Å²) in [6.45, 7) is 0. The van der Waals surface area contributed by atoms with E-state index in [1.165, 1.54) is 37.4 Å². The van der Waals surface area contributed by atoms with Crippen molar-refractivity contribution in [2.75, 3.05) is 0 Å². The third-order valence-corrected chi connectivity index (χ3v) is 4.77. The number of nitrogen functional groups attached to an aromatic ring is 1. The van der Waals surface area contributed by atoms with Crippen LogP contribution in [0.15, 0.2) is 28.5 Å². The Hall–Kier alpha value is -1.89. The maximum Gasteiger partial charge on any atom is 0.197 e. The third kappa shape index (κ3) is 2.42. The molecule has 0 bridgehead atoms. The molecule has 2 fully saturated rings. The van der Waals surface area contributed by atoms with Gasteiger partial charge >= 0.3 is 0 Å². The van der Waals surface area contributed by atoms with Gasteiger partial charge in [0.05, 0.1) is 0 Å². The van der Waals surface area contributed by atoms with Crippen molar-refractivity contribution in [3.63, 3.8) is 0 Å². The SMILES string of the molecule is N=C(N)c1cccnc1Sc1nnc(C2CC2)n1C1CC1. The van der Waals surface area contributed by atoms with Crippen molar-refractivity contribution in [1.29, 1.82) is 5.41 Å². The number of aromatic nitrogens is 4. The van der Waals surface area contributed by atoms with Gasteiger partial charge in [-0.1, -0.05) is 0 Å². The molecule has 4 rings (SSSR count). The summed E-state index contributed by atoms with van der Waals surface area (Å²) >= 11 is 1.46. The summed E-state index contributed by atoms with van der Waals surface area (Å²) < 4.78 is 2.28. The molecule has 0 unspecified atom stereocenters. The molecule has 6 nitrogen and oxygen atoms in total. The van der Waals surface area contributed by atoms with E-state index in [0.717, 1.165) is 16.0 Å². The average Bonchev–Trinajstić information content (AvgIpc) is 3.39. The number of pyridine rings is 1. The highest BCUT2D eigenvalue weighted by atomic mass is 32.2. The van der Waals surface area contributed by atoms with Gasteiger partial charge in [0.25, 0.3) is 0 Å². The zero-order chi connectivity index (χ0) is 14.4. The van der Waals surface area contributed by atoms with E-state index in [9.17, 15) is 0 Å². The van der Waals surface area contributed by atoms with Crippen molar-refractivity contribution in [2.45, 2.75) is 47.8 Å². The van der Waals surface area contributed by atoms with Crippen LogP contribution in [0.4, 0.5) is 0 Å². The number of nitrogens with two attached hydrogens (primary N) is 1. The Labute approximate surface area is 126 Å². The summed E-state index contributed by atoms with van der Waals surface area (Å²) in [7, 11) is 0. The molecule has 3 N–H and O–H groups in total. The molecule has 0 aliphatic heterocycles. The van der Waals surface area contributed by atoms with E-state index >= 15 is 0 Å². The minimum atomic E-state index is 0.0329. The van der Waals surface area contributed by atoms with Crippen LogP contribution in [0.5, 0.6) is 0 Å². The minimum absolute atomic E-state index is 0.0329. The van der Waals surface area contributed by atoms with E-state index in [-0.39, 0.29) is 5.84 Å². The molecule has 2 saturated carbocycles. The first-order valence-corrected chi connectivity index (χ1v) is 7.97. The monoisotopic (exact) mass is 300 g/mol. The summed E-state index contributed by atoms with van der Waals surface area (Å²) in [4.78, 5) is 4.35. The van der Waals surface area contributed by atoms with Gasteiger partial charge in [-0.2, -0.15) is 0 Å². The molecule has 0 saturated heterocycles. The van der Waals surface area contributed by atoms with Gasteiger partial charge in [0.1, 0.15) is 16.7 Å². The summed E-state index contributed by atoms with van der Waals surface area (Å²) in [5.74, 6) is 1.74. The lowest BCUT2D eigenvalue weighted by Crippen LogP contribution is -2.13. The molecule has 2 aromatic rings. The number of nitrogens with zero attached hydrogens (tertiary/aromatic N) is 4. The van der Waals surface area contributed by atoms with Crippen LogP contribution < -0.4 is 5.73 Å². The van der Waals surface area contributed by atoms with Crippen LogP contribution in [0.3, 0.4) is 0 Å². The largest absolute Gasteiger partial charge is 0.384 e. The van der Waals surface area contributed by atoms with Crippen molar-refractivity contribution < 1.29 is 0 Å². The second-order valence-electron chi connectivity index (χ2n) is 5.59. The first-order valence-electron chi connectivity index (χ1n) is 7.16. The number of hydrogen-bond donors (Lipinski definition) is 2. The fourth-order valence-electron chi connectivity index (χ4n) is 2.42. The number of nitrogens with one attached hydrogen (secondary N) is 1. The molecule has 108 valence electrons. The number of rotatable bonds is 5. The van der Waals surface area contributed by atoms with Crippen LogP contribution in [0.1, 0.15) is 49.0 Å². The van der Waals surface area contributed by atoms with Gasteiger partial charge in [0.2, 0.25) is 0 Å². The van der Waals surface area contributed by atoms with Crippen LogP contribution in [-0.2, 0) is 0 Å². The second kappa shape index (κ2) is 4.84. The van der Waals surface area contributed by atoms with Crippen LogP contribution in [-0.4, -0.2) is 25.6 Å². The lowest BCUT2D eigenvalue weighted by atomic mass is 10.3. The molecule has 2 aromatic heterocycles. The van der Waals surface area contributed by atoms with Crippen molar-refractivity contribution in [1.82, 2.24) is 19.7 Å². The quantitative estimate of drug-likeness (QED) is 0.653. The fraction of sp³-hybridized carbons (Fsp3) is 0.429. The van der Waals surface area contributed by atoms with E-state index in [2.05, 4.69) is 19.7 Å². The normalized spacial score (nSPS) is 17.9. The van der Waals surface area contributed by atoms with Crippen molar-refractivity contribution >= 4 is 17.6 Å². The average molecular weight is 300 g/mol. The van der Waals surface area contributed by atoms with Crippen LogP contribution in [0.25, 0.3) is 0 Å². The van der Waals surface area contributed by atoms with E-state index in [4.69, 9.17) is 11.1 Å². The predicted octanol–water partition coefficient (Wildman–Crippen LogP) is 2.32. The molecule has 0 aromatic carbocycles. The zero-order valence-corrected chi connectivity index (χ0v) is 12.3. The summed E-state index contributed by atoms with van der Waals surface area (Å²) in [6, 6.07) is 4.15. The lowest BCUT2D eigenvalue weighted by molar-refractivity contribution is 0.626. The molecule has 0 spiro atoms. The van der Waals surface area contributed by atoms with Crippen molar-refractivity contribution in [3.8, 4) is 0 Å². The van der Waals surface area contributed by atoms with Gasteiger partial charge in [-0.25, -0.2) is 4.98 Å². The Morgan fingerprint density at radius 3 is 2.76 bits per heavy atom. The molecule has 0 atom stereocenters. The Balaban J connectivity index is 1.70. The zero-order valence-electron chi connectivity index (χ0n) is 11.5. The molecular formula is C14H16N6S. The molecule has 21 heavy (non-hydrogen) atoms. The van der Waals surface area contributed by atoms with Crippen molar-refractivity contribution in [3.05, 3.63) is 29.7 Å². The molecule has 0 radical (unpaired) electrons. The molecular weight excluding hydrogens is 284 g/mol. The Morgan fingerprint density at radius 2 is 2.10 bits per heavy atom. The molecule has 2 heterocycles. The first kappa shape index (κ1) is 12.8. The van der Waals surface area contributed by atoms with E-state index < -0.39 is 0 Å². The molecule has 2 aliphatic rings. The van der Waals surface area contributed by atoms with Crippen LogP contribution >= 0.6 is 11.8 Å². The summed E-state index contributed by atoms with van der Waals surface area (Å²) in [5.41, 5.74) is 6.28. The Bertz CT molecular complexity index is 701. The molecule has 0 amide bonds. The fourth-order valence-corrected chi connectivity index (χ4v) is 3.41. The highest BCUT2D eigenvalue weighted by Crippen LogP contribution is 2.46. The van der Waals surface area contributed by atoms with Crippen LogP contribution in [0, 0.1) is 5.41 Å². The highest BCUT2D eigenvalue weighted by molar-refractivity contribution is 7.99. The van der Waals surface area contributed by atoms with Gasteiger partial charge in [-0.3, -0.25) is 5.41 Å². The third-order valence-electron chi connectivity index (χ3n) is 3.79. The van der Waals surface area contributed by atoms with E-state index in [1.807, 2.05) is 6.07 Å². The summed E-state index contributed by atoms with van der Waals surface area (Å²) in [5, 5.41) is 18.0. The topological polar surface area (TPSA) is 93.5 Å². The Kier molecular flexibility index (Phi) is 2.95. The van der Waals surface area contributed by atoms with Gasteiger partial charge in [0.15, 0.2) is 5.16 Å². The van der Waals surface area contributed by atoms with Gasteiger partial charge in [0, 0.05) is 23.7 Å². The molecule has 7 heteroatoms. The standard InChI is InChI=1S/C14H16N6S/c15-11(16)10-2-1-7-17-13(10)21-14-19-18-12(8-3-4-8)20(14)9-5-6-9/h1-2,7-9H,3-6H2,(H3,15,16). The van der Waals surface area contributed by atoms with Gasteiger partial charge in [-0.15, -0.1) is 10.2 Å². The van der Waals surface area contributed by atoms with Gasteiger partial charge in [-0.05, 0) is 49.6 Å². The maximum atomic E-state index is 7.66. The number of amidine groups is 1. The predicted molar refractivity (Wildman–Crippen MR) is 79.6 cm³/mol. The van der Waals surface area contributed by atoms with Crippen LogP contribution in [0.2, 0.25) is 0 Å². The Morgan fingerprint density at radius 1 is 1.29 bits per heavy atom. The smallest absolute Gasteiger partial charge is 0.197 e. The first-order chi connectivity index (χ1) is 10.2.